The van der Waals surface area contributed by atoms with Gasteiger partial charge in [-0.15, -0.1) is 0 Å². The summed E-state index contributed by atoms with van der Waals surface area (Å²) in [6.07, 6.45) is 5.95. The van der Waals surface area contributed by atoms with Gasteiger partial charge < -0.3 is 9.64 Å². The number of ether oxygens (including phenoxy) is 1. The van der Waals surface area contributed by atoms with Crippen LogP contribution in [0.5, 0.6) is 0 Å². The lowest BCUT2D eigenvalue weighted by Crippen LogP contribution is -2.44. The Labute approximate surface area is 129 Å². The van der Waals surface area contributed by atoms with Crippen LogP contribution in [0.25, 0.3) is 0 Å². The molecule has 1 aromatic heterocycles. The number of carbonyl (C=O) groups is 1. The van der Waals surface area contributed by atoms with Crippen molar-refractivity contribution >= 4 is 11.9 Å². The molecule has 0 spiro atoms. The fourth-order valence-corrected chi connectivity index (χ4v) is 3.98. The van der Waals surface area contributed by atoms with Crippen molar-refractivity contribution in [2.24, 2.45) is 0 Å². The third-order valence-corrected chi connectivity index (χ3v) is 4.98. The lowest BCUT2D eigenvalue weighted by atomic mass is 10.1. The van der Waals surface area contributed by atoms with E-state index in [1.807, 2.05) is 4.90 Å². The first kappa shape index (κ1) is 13.4. The smallest absolute Gasteiger partial charge is 0.410 e. The van der Waals surface area contributed by atoms with Gasteiger partial charge in [0.1, 0.15) is 18.0 Å². The first-order chi connectivity index (χ1) is 10.8. The number of hydrogen-bond donors (Lipinski definition) is 0. The summed E-state index contributed by atoms with van der Waals surface area (Å²) >= 11 is 0. The second kappa shape index (κ2) is 5.16. The summed E-state index contributed by atoms with van der Waals surface area (Å²) in [6, 6.07) is 6.14. The predicted octanol–water partition coefficient (Wildman–Crippen LogP) is 1.91. The van der Waals surface area contributed by atoms with Crippen molar-refractivity contribution in [3.8, 4) is 6.07 Å². The number of amides is 1. The monoisotopic (exact) mass is 298 g/mol. The Morgan fingerprint density at radius 2 is 2.14 bits per heavy atom. The van der Waals surface area contributed by atoms with Crippen LogP contribution in [0.15, 0.2) is 18.3 Å². The van der Waals surface area contributed by atoms with Crippen LogP contribution in [0.2, 0.25) is 0 Å². The Bertz CT molecular complexity index is 635. The maximum Gasteiger partial charge on any atom is 0.410 e. The van der Waals surface area contributed by atoms with Crippen LogP contribution < -0.4 is 4.90 Å². The van der Waals surface area contributed by atoms with E-state index in [-0.39, 0.29) is 18.2 Å². The minimum Gasteiger partial charge on any atom is -0.442 e. The number of aromatic nitrogens is 1. The number of rotatable bonds is 2. The minimum atomic E-state index is -0.164. The van der Waals surface area contributed by atoms with Crippen LogP contribution in [0.4, 0.5) is 10.6 Å². The fraction of sp³-hybridized carbons (Fsp3) is 0.562. The summed E-state index contributed by atoms with van der Waals surface area (Å²) in [4.78, 5) is 20.5. The third kappa shape index (κ3) is 2.00. The third-order valence-electron chi connectivity index (χ3n) is 4.98. The molecule has 0 unspecified atom stereocenters. The van der Waals surface area contributed by atoms with Gasteiger partial charge in [0, 0.05) is 18.8 Å². The van der Waals surface area contributed by atoms with Crippen molar-refractivity contribution < 1.29 is 9.53 Å². The van der Waals surface area contributed by atoms with Crippen molar-refractivity contribution in [3.63, 3.8) is 0 Å². The second-order valence-electron chi connectivity index (χ2n) is 6.23. The SMILES string of the molecule is N#Cc1cccnc1N1C[C@@H]2OC(=O)N(C3CCCC3)[C@@H]2C1. The van der Waals surface area contributed by atoms with Gasteiger partial charge in [-0.2, -0.15) is 5.26 Å². The van der Waals surface area contributed by atoms with E-state index >= 15 is 0 Å². The summed E-state index contributed by atoms with van der Waals surface area (Å²) < 4.78 is 5.57. The van der Waals surface area contributed by atoms with Gasteiger partial charge >= 0.3 is 6.09 Å². The van der Waals surface area contributed by atoms with Crippen LogP contribution in [-0.2, 0) is 4.74 Å². The number of hydrogen-bond acceptors (Lipinski definition) is 5. The molecule has 6 nitrogen and oxygen atoms in total. The van der Waals surface area contributed by atoms with E-state index in [1.54, 1.807) is 18.3 Å². The van der Waals surface area contributed by atoms with E-state index in [0.717, 1.165) is 12.8 Å². The first-order valence-corrected chi connectivity index (χ1v) is 7.87. The molecule has 3 fully saturated rings. The van der Waals surface area contributed by atoms with Crippen molar-refractivity contribution in [3.05, 3.63) is 23.9 Å². The molecule has 22 heavy (non-hydrogen) atoms. The molecule has 2 saturated heterocycles. The quantitative estimate of drug-likeness (QED) is 0.834. The van der Waals surface area contributed by atoms with Gasteiger partial charge in [0.25, 0.3) is 0 Å². The zero-order chi connectivity index (χ0) is 15.1. The molecule has 0 bridgehead atoms. The van der Waals surface area contributed by atoms with E-state index in [0.29, 0.717) is 30.5 Å². The largest absolute Gasteiger partial charge is 0.442 e. The van der Waals surface area contributed by atoms with Crippen LogP contribution in [0.1, 0.15) is 31.2 Å². The molecular formula is C16H18N4O2. The van der Waals surface area contributed by atoms with Gasteiger partial charge in [-0.05, 0) is 25.0 Å². The van der Waals surface area contributed by atoms with Gasteiger partial charge in [0.15, 0.2) is 0 Å². The molecule has 1 amide bonds. The summed E-state index contributed by atoms with van der Waals surface area (Å²) in [6.45, 7) is 1.31. The predicted molar refractivity (Wildman–Crippen MR) is 79.3 cm³/mol. The fourth-order valence-electron chi connectivity index (χ4n) is 3.98. The van der Waals surface area contributed by atoms with Crippen LogP contribution in [0, 0.1) is 11.3 Å². The van der Waals surface area contributed by atoms with E-state index in [2.05, 4.69) is 16.0 Å². The van der Waals surface area contributed by atoms with Crippen LogP contribution in [0.3, 0.4) is 0 Å². The molecule has 4 rings (SSSR count). The Kier molecular flexibility index (Phi) is 3.14. The average Bonchev–Trinajstić information content (AvgIpc) is 3.23. The highest BCUT2D eigenvalue weighted by molar-refractivity contribution is 5.72. The summed E-state index contributed by atoms with van der Waals surface area (Å²) in [5.41, 5.74) is 0.571. The maximum atomic E-state index is 12.2. The lowest BCUT2D eigenvalue weighted by Gasteiger charge is -2.28. The Hall–Kier alpha value is -2.29. The van der Waals surface area contributed by atoms with Crippen molar-refractivity contribution in [1.29, 1.82) is 5.26 Å². The molecule has 0 aromatic carbocycles. The standard InChI is InChI=1S/C16H18N4O2/c17-8-11-4-3-7-18-15(11)19-9-13-14(10-19)22-16(21)20(13)12-5-1-2-6-12/h3-4,7,12-14H,1-2,5-6,9-10H2/t13-,14+/m1/s1. The van der Waals surface area contributed by atoms with Gasteiger partial charge in [-0.25, -0.2) is 9.78 Å². The number of pyridine rings is 1. The minimum absolute atomic E-state index is 0.0872. The molecule has 1 aromatic rings. The Morgan fingerprint density at radius 3 is 2.91 bits per heavy atom. The number of anilines is 1. The second-order valence-corrected chi connectivity index (χ2v) is 6.23. The zero-order valence-electron chi connectivity index (χ0n) is 12.3. The molecule has 6 heteroatoms. The highest BCUT2D eigenvalue weighted by Crippen LogP contribution is 2.35. The molecule has 2 atom stereocenters. The van der Waals surface area contributed by atoms with E-state index in [1.165, 1.54) is 12.8 Å². The van der Waals surface area contributed by atoms with Crippen LogP contribution in [-0.4, -0.2) is 47.3 Å². The summed E-state index contributed by atoms with van der Waals surface area (Å²) in [7, 11) is 0. The van der Waals surface area contributed by atoms with Gasteiger partial charge in [-0.1, -0.05) is 12.8 Å². The topological polar surface area (TPSA) is 69.5 Å². The van der Waals surface area contributed by atoms with Crippen molar-refractivity contribution in [1.82, 2.24) is 9.88 Å². The number of nitrogens with zero attached hydrogens (tertiary/aromatic N) is 4. The zero-order valence-corrected chi connectivity index (χ0v) is 12.3. The van der Waals surface area contributed by atoms with Crippen molar-refractivity contribution in [2.75, 3.05) is 18.0 Å². The first-order valence-electron chi connectivity index (χ1n) is 7.87. The molecule has 1 saturated carbocycles. The Morgan fingerprint density at radius 1 is 1.32 bits per heavy atom. The van der Waals surface area contributed by atoms with Gasteiger partial charge in [0.05, 0.1) is 18.2 Å². The van der Waals surface area contributed by atoms with Crippen molar-refractivity contribution in [2.45, 2.75) is 43.9 Å². The molecule has 1 aliphatic carbocycles. The van der Waals surface area contributed by atoms with Gasteiger partial charge in [0.2, 0.25) is 0 Å². The van der Waals surface area contributed by atoms with Gasteiger partial charge in [-0.3, -0.25) is 4.90 Å². The number of fused-ring (bicyclic) bond motifs is 1. The summed E-state index contributed by atoms with van der Waals surface area (Å²) in [5.74, 6) is 0.696. The van der Waals surface area contributed by atoms with E-state index in [4.69, 9.17) is 4.74 Å². The average molecular weight is 298 g/mol. The lowest BCUT2D eigenvalue weighted by molar-refractivity contribution is 0.130. The molecular weight excluding hydrogens is 280 g/mol. The Balaban J connectivity index is 1.57. The molecule has 0 radical (unpaired) electrons. The molecule has 3 heterocycles. The molecule has 0 N–H and O–H groups in total. The number of nitriles is 1. The molecule has 3 aliphatic rings. The molecule has 2 aliphatic heterocycles. The van der Waals surface area contributed by atoms with E-state index < -0.39 is 0 Å². The highest BCUT2D eigenvalue weighted by Gasteiger charge is 2.50. The maximum absolute atomic E-state index is 12.2. The highest BCUT2D eigenvalue weighted by atomic mass is 16.6. The number of carbonyl (C=O) groups excluding carboxylic acids is 1. The molecule has 114 valence electrons. The normalized spacial score (nSPS) is 27.9. The summed E-state index contributed by atoms with van der Waals surface area (Å²) in [5, 5.41) is 9.24. The van der Waals surface area contributed by atoms with E-state index in [9.17, 15) is 10.1 Å². The van der Waals surface area contributed by atoms with Crippen LogP contribution >= 0.6 is 0 Å².